The molecule has 1 aromatic rings. The van der Waals surface area contributed by atoms with Crippen LogP contribution in [-0.4, -0.2) is 22.9 Å². The first kappa shape index (κ1) is 8.75. The van der Waals surface area contributed by atoms with Crippen LogP contribution < -0.4 is 5.32 Å². The van der Waals surface area contributed by atoms with Crippen molar-refractivity contribution in [2.45, 2.75) is 25.8 Å². The van der Waals surface area contributed by atoms with Crippen molar-refractivity contribution in [2.24, 2.45) is 5.92 Å². The summed E-state index contributed by atoms with van der Waals surface area (Å²) in [5.74, 6) is 0.761. The Morgan fingerprint density at radius 3 is 2.77 bits per heavy atom. The first-order valence-corrected chi connectivity index (χ1v) is 5.00. The first-order valence-electron chi connectivity index (χ1n) is 5.00. The highest BCUT2D eigenvalue weighted by atomic mass is 15.3. The monoisotopic (exact) mass is 178 g/mol. The van der Waals surface area contributed by atoms with Gasteiger partial charge in [0.1, 0.15) is 0 Å². The molecule has 13 heavy (non-hydrogen) atoms. The molecule has 1 unspecified atom stereocenters. The van der Waals surface area contributed by atoms with Crippen LogP contribution in [0.4, 0.5) is 0 Å². The molecule has 0 aromatic carbocycles. The molecule has 0 amide bonds. The van der Waals surface area contributed by atoms with Crippen molar-refractivity contribution >= 4 is 0 Å². The van der Waals surface area contributed by atoms with Gasteiger partial charge in [0.15, 0.2) is 0 Å². The molecule has 0 bridgehead atoms. The van der Waals surface area contributed by atoms with Crippen LogP contribution in [0.3, 0.4) is 0 Å². The van der Waals surface area contributed by atoms with Crippen molar-refractivity contribution in [3.05, 3.63) is 18.5 Å². The highest BCUT2D eigenvalue weighted by molar-refractivity contribution is 4.84. The van der Waals surface area contributed by atoms with E-state index in [0.717, 1.165) is 19.0 Å². The van der Waals surface area contributed by atoms with Crippen LogP contribution in [0.1, 0.15) is 25.8 Å². The summed E-state index contributed by atoms with van der Waals surface area (Å²) < 4.78 is 2.07. The highest BCUT2D eigenvalue weighted by Gasteiger charge is 2.21. The van der Waals surface area contributed by atoms with E-state index < -0.39 is 0 Å². The summed E-state index contributed by atoms with van der Waals surface area (Å²) in [5.41, 5.74) is 0. The van der Waals surface area contributed by atoms with Gasteiger partial charge in [-0.25, -0.2) is 5.32 Å². The molecule has 1 aromatic heterocycles. The molecule has 0 N–H and O–H groups in total. The smallest absolute Gasteiger partial charge is 0.0520 e. The van der Waals surface area contributed by atoms with Crippen LogP contribution in [0.15, 0.2) is 18.5 Å². The Kier molecular flexibility index (Phi) is 2.64. The minimum absolute atomic E-state index is 0.533. The lowest BCUT2D eigenvalue weighted by Crippen LogP contribution is -2.28. The molecule has 2 rings (SSSR count). The van der Waals surface area contributed by atoms with Crippen LogP contribution >= 0.6 is 0 Å². The van der Waals surface area contributed by atoms with E-state index in [4.69, 9.17) is 0 Å². The van der Waals surface area contributed by atoms with E-state index in [-0.39, 0.29) is 0 Å². The molecule has 0 spiro atoms. The highest BCUT2D eigenvalue weighted by Crippen LogP contribution is 2.25. The molecule has 1 radical (unpaired) electrons. The summed E-state index contributed by atoms with van der Waals surface area (Å²) in [7, 11) is 0. The lowest BCUT2D eigenvalue weighted by Gasteiger charge is -2.27. The number of rotatable bonds is 2. The standard InChI is InChI=1S/C10H16N3/c1-9(13-8-2-5-12-13)10-3-6-11-7-4-10/h2,5,8-10H,3-4,6-7H2,1H3. The average molecular weight is 178 g/mol. The third kappa shape index (κ3) is 1.91. The van der Waals surface area contributed by atoms with Crippen LogP contribution in [0.2, 0.25) is 0 Å². The summed E-state index contributed by atoms with van der Waals surface area (Å²) in [6, 6.07) is 2.52. The molecule has 1 aliphatic heterocycles. The van der Waals surface area contributed by atoms with Gasteiger partial charge in [-0.15, -0.1) is 0 Å². The molecule has 3 heteroatoms. The van der Waals surface area contributed by atoms with E-state index in [1.54, 1.807) is 0 Å². The fraction of sp³-hybridized carbons (Fsp3) is 0.700. The van der Waals surface area contributed by atoms with E-state index in [1.165, 1.54) is 12.8 Å². The quantitative estimate of drug-likeness (QED) is 0.674. The summed E-state index contributed by atoms with van der Waals surface area (Å²) >= 11 is 0. The fourth-order valence-corrected chi connectivity index (χ4v) is 1.99. The normalized spacial score (nSPS) is 21.6. The molecule has 0 saturated carbocycles. The first-order chi connectivity index (χ1) is 6.38. The van der Waals surface area contributed by atoms with Gasteiger partial charge in [0, 0.05) is 25.5 Å². The van der Waals surface area contributed by atoms with Gasteiger partial charge in [0.05, 0.1) is 6.04 Å². The molecule has 1 saturated heterocycles. The predicted molar refractivity (Wildman–Crippen MR) is 51.5 cm³/mol. The maximum Gasteiger partial charge on any atom is 0.0520 e. The van der Waals surface area contributed by atoms with Crippen molar-refractivity contribution in [1.82, 2.24) is 15.1 Å². The van der Waals surface area contributed by atoms with Gasteiger partial charge in [0.2, 0.25) is 0 Å². The Morgan fingerprint density at radius 1 is 1.38 bits per heavy atom. The summed E-state index contributed by atoms with van der Waals surface area (Å²) in [6.45, 7) is 4.33. The molecule has 0 aliphatic carbocycles. The summed E-state index contributed by atoms with van der Waals surface area (Å²) in [6.07, 6.45) is 6.35. The van der Waals surface area contributed by atoms with Crippen molar-refractivity contribution in [1.29, 1.82) is 0 Å². The Balaban J connectivity index is 1.99. The maximum absolute atomic E-state index is 4.36. The minimum Gasteiger partial charge on any atom is -0.270 e. The minimum atomic E-state index is 0.533. The number of hydrogen-bond acceptors (Lipinski definition) is 1. The Morgan fingerprint density at radius 2 is 2.15 bits per heavy atom. The van der Waals surface area contributed by atoms with Crippen LogP contribution in [0.5, 0.6) is 0 Å². The van der Waals surface area contributed by atoms with Gasteiger partial charge in [0.25, 0.3) is 0 Å². The average Bonchev–Trinajstić information content (AvgIpc) is 2.71. The lowest BCUT2D eigenvalue weighted by molar-refractivity contribution is 0.258. The molecule has 1 atom stereocenters. The number of hydrogen-bond donors (Lipinski definition) is 0. The second-order valence-electron chi connectivity index (χ2n) is 3.73. The number of piperidine rings is 1. The maximum atomic E-state index is 4.36. The zero-order valence-corrected chi connectivity index (χ0v) is 8.06. The van der Waals surface area contributed by atoms with Gasteiger partial charge >= 0.3 is 0 Å². The van der Waals surface area contributed by atoms with E-state index in [1.807, 2.05) is 12.3 Å². The van der Waals surface area contributed by atoms with Gasteiger partial charge in [-0.1, -0.05) is 0 Å². The fourth-order valence-electron chi connectivity index (χ4n) is 1.99. The molecule has 2 heterocycles. The molecular formula is C10H16N3. The third-order valence-corrected chi connectivity index (χ3v) is 2.94. The molecule has 1 fully saturated rings. The van der Waals surface area contributed by atoms with Crippen molar-refractivity contribution < 1.29 is 0 Å². The van der Waals surface area contributed by atoms with E-state index in [2.05, 4.69) is 28.2 Å². The van der Waals surface area contributed by atoms with Crippen LogP contribution in [0.25, 0.3) is 0 Å². The van der Waals surface area contributed by atoms with E-state index in [9.17, 15) is 0 Å². The Bertz CT molecular complexity index is 237. The lowest BCUT2D eigenvalue weighted by atomic mass is 9.91. The summed E-state index contributed by atoms with van der Waals surface area (Å²) in [4.78, 5) is 0. The second-order valence-corrected chi connectivity index (χ2v) is 3.73. The summed E-state index contributed by atoms with van der Waals surface area (Å²) in [5, 5.41) is 8.64. The SMILES string of the molecule is CC(C1CC[N]CC1)n1cccn1. The van der Waals surface area contributed by atoms with Gasteiger partial charge in [-0.05, 0) is 31.7 Å². The van der Waals surface area contributed by atoms with Gasteiger partial charge in [-0.2, -0.15) is 5.10 Å². The third-order valence-electron chi connectivity index (χ3n) is 2.94. The molecular weight excluding hydrogens is 162 g/mol. The molecule has 1 aliphatic rings. The van der Waals surface area contributed by atoms with Crippen LogP contribution in [0, 0.1) is 5.92 Å². The number of nitrogens with zero attached hydrogens (tertiary/aromatic N) is 3. The van der Waals surface area contributed by atoms with Crippen LogP contribution in [-0.2, 0) is 0 Å². The predicted octanol–water partition coefficient (Wildman–Crippen LogP) is 1.46. The van der Waals surface area contributed by atoms with E-state index in [0.29, 0.717) is 6.04 Å². The van der Waals surface area contributed by atoms with Gasteiger partial charge in [-0.3, -0.25) is 4.68 Å². The van der Waals surface area contributed by atoms with Gasteiger partial charge < -0.3 is 0 Å². The van der Waals surface area contributed by atoms with E-state index >= 15 is 0 Å². The second kappa shape index (κ2) is 3.92. The van der Waals surface area contributed by atoms with Crippen molar-refractivity contribution in [2.75, 3.05) is 13.1 Å². The Hall–Kier alpha value is -0.830. The number of aromatic nitrogens is 2. The Labute approximate surface area is 79.1 Å². The molecule has 71 valence electrons. The zero-order valence-electron chi connectivity index (χ0n) is 8.06. The largest absolute Gasteiger partial charge is 0.270 e. The molecule has 3 nitrogen and oxygen atoms in total. The van der Waals surface area contributed by atoms with Crippen molar-refractivity contribution in [3.8, 4) is 0 Å². The topological polar surface area (TPSA) is 31.9 Å². The van der Waals surface area contributed by atoms with Crippen molar-refractivity contribution in [3.63, 3.8) is 0 Å². The zero-order chi connectivity index (χ0) is 9.10.